The van der Waals surface area contributed by atoms with Gasteiger partial charge in [-0.2, -0.15) is 0 Å². The van der Waals surface area contributed by atoms with Crippen molar-refractivity contribution in [1.29, 1.82) is 0 Å². The number of hydrogen-bond acceptors (Lipinski definition) is 6. The number of pyridine rings is 2. The highest BCUT2D eigenvalue weighted by atomic mass is 15.4. The minimum Gasteiger partial charge on any atom is -0.307 e. The number of nitrogens with zero attached hydrogens (tertiary/aromatic N) is 6. The predicted molar refractivity (Wildman–Crippen MR) is 238 cm³/mol. The van der Waals surface area contributed by atoms with Crippen LogP contribution in [0.2, 0.25) is 0 Å². The van der Waals surface area contributed by atoms with Gasteiger partial charge in [-0.15, -0.1) is 0 Å². The molecule has 3 aliphatic rings. The van der Waals surface area contributed by atoms with E-state index >= 15 is 0 Å². The number of rotatable bonds is 6. The summed E-state index contributed by atoms with van der Waals surface area (Å²) in [6.45, 7) is 21.9. The molecular weight excluding hydrogens is 697 g/mol. The van der Waals surface area contributed by atoms with Gasteiger partial charge < -0.3 is 9.80 Å². The highest BCUT2D eigenvalue weighted by Gasteiger charge is 2.50. The number of fused-ring (bicyclic) bond motifs is 3. The number of aliphatic imine (C=N–C) groups is 2. The minimum atomic E-state index is -0.558. The lowest BCUT2D eigenvalue weighted by Gasteiger charge is -2.40. The molecule has 0 spiro atoms. The van der Waals surface area contributed by atoms with E-state index in [2.05, 4.69) is 200 Å². The largest absolute Gasteiger partial charge is 0.307 e. The Morgan fingerprint density at radius 1 is 0.421 bits per heavy atom. The first-order valence-corrected chi connectivity index (χ1v) is 20.1. The van der Waals surface area contributed by atoms with E-state index in [4.69, 9.17) is 20.0 Å². The number of anilines is 2. The molecule has 2 aliphatic heterocycles. The summed E-state index contributed by atoms with van der Waals surface area (Å²) in [4.78, 5) is 24.7. The smallest absolute Gasteiger partial charge is 0.134 e. The molecule has 4 aromatic carbocycles. The molecule has 4 heterocycles. The fourth-order valence-corrected chi connectivity index (χ4v) is 9.67. The van der Waals surface area contributed by atoms with Crippen LogP contribution in [0.1, 0.15) is 91.5 Å². The van der Waals surface area contributed by atoms with Crippen LogP contribution in [-0.4, -0.2) is 43.8 Å². The summed E-state index contributed by atoms with van der Waals surface area (Å²) in [5.41, 5.74) is 10.5. The summed E-state index contributed by atoms with van der Waals surface area (Å²) in [5, 5.41) is 0. The second kappa shape index (κ2) is 12.6. The summed E-state index contributed by atoms with van der Waals surface area (Å²) in [6, 6.07) is 44.6. The Bertz CT molecular complexity index is 2400. The molecule has 2 aromatic heterocycles. The molecule has 0 radical (unpaired) electrons. The van der Waals surface area contributed by atoms with Gasteiger partial charge in [-0.25, -0.2) is 9.97 Å². The normalized spacial score (nSPS) is 19.2. The lowest BCUT2D eigenvalue weighted by molar-refractivity contribution is 0.337. The Labute approximate surface area is 338 Å². The first-order chi connectivity index (χ1) is 27.1. The van der Waals surface area contributed by atoms with Crippen molar-refractivity contribution < 1.29 is 0 Å². The van der Waals surface area contributed by atoms with Crippen LogP contribution in [-0.2, 0) is 5.41 Å². The Morgan fingerprint density at radius 2 is 0.789 bits per heavy atom. The van der Waals surface area contributed by atoms with E-state index in [0.717, 1.165) is 45.6 Å². The number of hydrogen-bond donors (Lipinski definition) is 0. The molecular formula is C51H52N6. The lowest BCUT2D eigenvalue weighted by atomic mass is 9.67. The molecule has 0 N–H and O–H groups in total. The molecule has 286 valence electrons. The van der Waals surface area contributed by atoms with Crippen molar-refractivity contribution in [1.82, 2.24) is 9.97 Å². The van der Waals surface area contributed by atoms with Crippen LogP contribution < -0.4 is 9.80 Å². The molecule has 0 atom stereocenters. The quantitative estimate of drug-likeness (QED) is 0.170. The van der Waals surface area contributed by atoms with E-state index in [1.54, 1.807) is 0 Å². The van der Waals surface area contributed by atoms with E-state index in [-0.39, 0.29) is 22.2 Å². The number of benzene rings is 4. The van der Waals surface area contributed by atoms with Crippen molar-refractivity contribution in [3.8, 4) is 33.4 Å². The highest BCUT2D eigenvalue weighted by molar-refractivity contribution is 6.00. The molecule has 0 saturated carbocycles. The zero-order chi connectivity index (χ0) is 40.1. The number of amidine groups is 2. The topological polar surface area (TPSA) is 57.0 Å². The molecule has 57 heavy (non-hydrogen) atoms. The fourth-order valence-electron chi connectivity index (χ4n) is 9.67. The van der Waals surface area contributed by atoms with E-state index in [9.17, 15) is 0 Å². The van der Waals surface area contributed by atoms with Gasteiger partial charge in [0.2, 0.25) is 0 Å². The molecule has 1 aliphatic carbocycles. The molecule has 0 saturated heterocycles. The van der Waals surface area contributed by atoms with Gasteiger partial charge in [-0.3, -0.25) is 9.98 Å². The molecule has 0 fully saturated rings. The van der Waals surface area contributed by atoms with E-state index in [1.807, 2.05) is 12.4 Å². The molecule has 6 heteroatoms. The van der Waals surface area contributed by atoms with Gasteiger partial charge in [-0.1, -0.05) is 84.9 Å². The summed E-state index contributed by atoms with van der Waals surface area (Å²) >= 11 is 0. The van der Waals surface area contributed by atoms with Crippen molar-refractivity contribution in [3.63, 3.8) is 0 Å². The van der Waals surface area contributed by atoms with Crippen LogP contribution in [0.4, 0.5) is 11.6 Å². The van der Waals surface area contributed by atoms with Crippen molar-refractivity contribution >= 4 is 23.3 Å². The van der Waals surface area contributed by atoms with Gasteiger partial charge in [0, 0.05) is 23.5 Å². The van der Waals surface area contributed by atoms with Crippen LogP contribution in [0.15, 0.2) is 144 Å². The van der Waals surface area contributed by atoms with Crippen LogP contribution in [0, 0.1) is 0 Å². The zero-order valence-electron chi connectivity index (χ0n) is 34.9. The van der Waals surface area contributed by atoms with E-state index in [0.29, 0.717) is 0 Å². The Balaban J connectivity index is 1.17. The van der Waals surface area contributed by atoms with Crippen molar-refractivity contribution in [2.45, 2.75) is 96.8 Å². The van der Waals surface area contributed by atoms with Gasteiger partial charge in [0.1, 0.15) is 23.3 Å². The van der Waals surface area contributed by atoms with Gasteiger partial charge >= 0.3 is 0 Å². The average Bonchev–Trinajstić information content (AvgIpc) is 3.64. The van der Waals surface area contributed by atoms with Crippen molar-refractivity contribution in [3.05, 3.63) is 156 Å². The third kappa shape index (κ3) is 5.29. The van der Waals surface area contributed by atoms with Gasteiger partial charge in [0.25, 0.3) is 0 Å². The predicted octanol–water partition coefficient (Wildman–Crippen LogP) is 11.8. The molecule has 6 aromatic rings. The SMILES string of the molecule is CC1=NC(C)(C)C(C)(C)N1c1ccc(-c2ccc3c(c2)C(c2ccccc2)(c2ccccc2)c2cc(-c4ccc(N5C(C)=NC(C)(C)C5(C)C)nc4)ccc2-3)cn1. The molecule has 0 bridgehead atoms. The Kier molecular flexibility index (Phi) is 8.10. The van der Waals surface area contributed by atoms with E-state index < -0.39 is 5.41 Å². The third-order valence-electron chi connectivity index (χ3n) is 13.8. The van der Waals surface area contributed by atoms with Crippen LogP contribution in [0.5, 0.6) is 0 Å². The molecule has 0 amide bonds. The minimum absolute atomic E-state index is 0.206. The highest BCUT2D eigenvalue weighted by Crippen LogP contribution is 2.57. The second-order valence-corrected chi connectivity index (χ2v) is 18.0. The van der Waals surface area contributed by atoms with Crippen LogP contribution >= 0.6 is 0 Å². The third-order valence-corrected chi connectivity index (χ3v) is 13.8. The van der Waals surface area contributed by atoms with Gasteiger partial charge in [0.05, 0.1) is 27.6 Å². The maximum Gasteiger partial charge on any atom is 0.134 e. The van der Waals surface area contributed by atoms with Crippen molar-refractivity contribution in [2.75, 3.05) is 9.80 Å². The van der Waals surface area contributed by atoms with E-state index in [1.165, 1.54) is 33.4 Å². The number of aromatic nitrogens is 2. The zero-order valence-corrected chi connectivity index (χ0v) is 34.9. The molecule has 0 unspecified atom stereocenters. The van der Waals surface area contributed by atoms with Gasteiger partial charge in [0.15, 0.2) is 0 Å². The second-order valence-electron chi connectivity index (χ2n) is 18.0. The van der Waals surface area contributed by atoms with Gasteiger partial charge in [-0.05, 0) is 150 Å². The monoisotopic (exact) mass is 748 g/mol. The summed E-state index contributed by atoms with van der Waals surface area (Å²) in [6.07, 6.45) is 4.04. The maximum atomic E-state index is 5.06. The maximum absolute atomic E-state index is 5.06. The summed E-state index contributed by atoms with van der Waals surface area (Å²) < 4.78 is 0. The van der Waals surface area contributed by atoms with Crippen LogP contribution in [0.25, 0.3) is 33.4 Å². The van der Waals surface area contributed by atoms with Crippen molar-refractivity contribution in [2.24, 2.45) is 9.98 Å². The average molecular weight is 749 g/mol. The summed E-state index contributed by atoms with van der Waals surface area (Å²) in [5.74, 6) is 3.81. The summed E-state index contributed by atoms with van der Waals surface area (Å²) in [7, 11) is 0. The standard InChI is InChI=1S/C51H52N6/c1-33-54-47(3,4)49(7,8)56(33)45-27-23-37(31-52-45)35-21-25-41-42-26-22-36(38-24-28-46(53-32-38)57-34(2)55-48(5,6)50(57,9)10)30-44(42)51(43(41)29-35,39-17-13-11-14-18-39)40-19-15-12-16-20-40/h11-32H,1-10H3. The Hall–Kier alpha value is -5.88. The lowest BCUT2D eigenvalue weighted by Crippen LogP contribution is -2.53. The molecule has 6 nitrogen and oxygen atoms in total. The molecule has 9 rings (SSSR count). The fraction of sp³-hybridized carbons (Fsp3) is 0.294. The van der Waals surface area contributed by atoms with Crippen LogP contribution in [0.3, 0.4) is 0 Å². The first kappa shape index (κ1) is 36.7. The first-order valence-electron chi connectivity index (χ1n) is 20.1. The Morgan fingerprint density at radius 3 is 1.11 bits per heavy atom.